The monoisotopic (exact) mass is 574 g/mol. The number of hydrogen-bond acceptors (Lipinski definition) is 7. The molecule has 0 atom stereocenters. The largest absolute Gasteiger partial charge is 0.493 e. The quantitative estimate of drug-likeness (QED) is 0.279. The minimum Gasteiger partial charge on any atom is -0.493 e. The molecule has 1 aliphatic carbocycles. The van der Waals surface area contributed by atoms with Crippen LogP contribution < -0.4 is 24.6 Å². The molecule has 11 heteroatoms. The summed E-state index contributed by atoms with van der Waals surface area (Å²) in [7, 11) is 2.57. The number of hydrogen-bond donors (Lipinski definition) is 1. The Labute approximate surface area is 242 Å². The molecule has 1 N–H and O–H groups in total. The molecule has 2 amide bonds. The fourth-order valence-corrected chi connectivity index (χ4v) is 5.95. The van der Waals surface area contributed by atoms with Crippen molar-refractivity contribution in [2.45, 2.75) is 97.3 Å². The zero-order chi connectivity index (χ0) is 29.7. The smallest absolute Gasteiger partial charge is 0.330 e. The molecule has 2 aromatic rings. The number of fused-ring (bicyclic) bond motifs is 1. The van der Waals surface area contributed by atoms with Crippen molar-refractivity contribution < 1.29 is 23.0 Å². The van der Waals surface area contributed by atoms with Gasteiger partial charge in [-0.3, -0.25) is 14.7 Å². The summed E-state index contributed by atoms with van der Waals surface area (Å²) in [5.74, 6) is -1.39. The number of benzene rings is 1. The van der Waals surface area contributed by atoms with Gasteiger partial charge in [-0.1, -0.05) is 19.3 Å². The highest BCUT2D eigenvalue weighted by atomic mass is 19.1. The van der Waals surface area contributed by atoms with Gasteiger partial charge in [0.25, 0.3) is 0 Å². The number of carbonyl (C=O) groups is 1. The topological polar surface area (TPSA) is 83.1 Å². The lowest BCUT2D eigenvalue weighted by Gasteiger charge is -2.39. The Balaban J connectivity index is 1.52. The predicted octanol–water partition coefficient (Wildman–Crippen LogP) is 6.36. The molecule has 1 saturated carbocycles. The summed E-state index contributed by atoms with van der Waals surface area (Å²) in [5.41, 5.74) is 0.112. The minimum atomic E-state index is -0.960. The van der Waals surface area contributed by atoms with Crippen LogP contribution in [0.3, 0.4) is 0 Å². The van der Waals surface area contributed by atoms with Gasteiger partial charge in [-0.25, -0.2) is 18.6 Å². The average Bonchev–Trinajstić information content (AvgIpc) is 3.47. The van der Waals surface area contributed by atoms with Crippen LogP contribution in [-0.4, -0.2) is 66.3 Å². The Morgan fingerprint density at radius 2 is 1.66 bits per heavy atom. The van der Waals surface area contributed by atoms with Gasteiger partial charge in [-0.15, -0.1) is 0 Å². The molecule has 1 fully saturated rings. The molecule has 0 spiro atoms. The summed E-state index contributed by atoms with van der Waals surface area (Å²) in [6.07, 6.45) is 8.34. The van der Waals surface area contributed by atoms with E-state index in [4.69, 9.17) is 14.5 Å². The predicted molar refractivity (Wildman–Crippen MR) is 157 cm³/mol. The summed E-state index contributed by atoms with van der Waals surface area (Å²) in [4.78, 5) is 28.3. The van der Waals surface area contributed by atoms with Crippen molar-refractivity contribution in [3.8, 4) is 11.5 Å². The van der Waals surface area contributed by atoms with Gasteiger partial charge in [0.15, 0.2) is 23.1 Å². The normalized spacial score (nSPS) is 15.8. The molecule has 0 unspecified atom stereocenters. The van der Waals surface area contributed by atoms with Gasteiger partial charge in [0, 0.05) is 42.5 Å². The maximum Gasteiger partial charge on any atom is 0.330 e. The Bertz CT molecular complexity index is 1170. The van der Waals surface area contributed by atoms with Gasteiger partial charge in [-0.05, 0) is 59.9 Å². The third-order valence-electron chi connectivity index (χ3n) is 8.05. The number of halogens is 2. The van der Waals surface area contributed by atoms with Crippen molar-refractivity contribution in [2.24, 2.45) is 0 Å². The van der Waals surface area contributed by atoms with E-state index in [-0.39, 0.29) is 24.1 Å². The fraction of sp³-hybridized carbons (Fsp3) is 0.633. The second-order valence-electron chi connectivity index (χ2n) is 11.4. The van der Waals surface area contributed by atoms with E-state index in [0.29, 0.717) is 36.0 Å². The molecule has 0 bridgehead atoms. The van der Waals surface area contributed by atoms with Gasteiger partial charge in [0.2, 0.25) is 5.95 Å². The van der Waals surface area contributed by atoms with Crippen molar-refractivity contribution in [2.75, 3.05) is 42.4 Å². The first-order valence-corrected chi connectivity index (χ1v) is 14.7. The standard InChI is InChI=1S/C30H44F2N6O3/c1-19(2)36(20(3)4)15-11-7-10-14-33-29-34-17-21-18-37(27-25(31)23(40-5)16-24(41-6)26(27)32)30(39)38(28(21)35-29)22-12-8-9-13-22/h16-17,19-20,22H,7-15,18H2,1-6H3,(H,33,34,35). The van der Waals surface area contributed by atoms with E-state index < -0.39 is 23.4 Å². The van der Waals surface area contributed by atoms with Gasteiger partial charge in [0.05, 0.1) is 20.8 Å². The molecule has 2 aliphatic rings. The highest BCUT2D eigenvalue weighted by Gasteiger charge is 2.41. The number of urea groups is 1. The molecule has 41 heavy (non-hydrogen) atoms. The van der Waals surface area contributed by atoms with E-state index in [1.165, 1.54) is 14.2 Å². The van der Waals surface area contributed by atoms with Crippen LogP contribution in [0.2, 0.25) is 0 Å². The SMILES string of the molecule is COc1cc(OC)c(F)c(N2Cc3cnc(NCCCCCN(C(C)C)C(C)C)nc3N(C3CCCC3)C2=O)c1F. The zero-order valence-electron chi connectivity index (χ0n) is 25.2. The number of carbonyl (C=O) groups excluding carboxylic acids is 1. The Morgan fingerprint density at radius 1 is 1.02 bits per heavy atom. The van der Waals surface area contributed by atoms with Gasteiger partial charge in [0.1, 0.15) is 11.5 Å². The molecule has 1 aromatic heterocycles. The van der Waals surface area contributed by atoms with Crippen LogP contribution in [0.15, 0.2) is 12.3 Å². The number of ether oxygens (including phenoxy) is 2. The maximum absolute atomic E-state index is 15.4. The molecule has 0 saturated heterocycles. The number of rotatable bonds is 13. The van der Waals surface area contributed by atoms with E-state index >= 15 is 8.78 Å². The molecular formula is C30H44F2N6O3. The first-order chi connectivity index (χ1) is 19.7. The van der Waals surface area contributed by atoms with Gasteiger partial charge < -0.3 is 14.8 Å². The molecule has 1 aromatic carbocycles. The summed E-state index contributed by atoms with van der Waals surface area (Å²) < 4.78 is 41.1. The van der Waals surface area contributed by atoms with Crippen molar-refractivity contribution in [1.82, 2.24) is 14.9 Å². The van der Waals surface area contributed by atoms with Crippen molar-refractivity contribution in [3.05, 3.63) is 29.5 Å². The summed E-state index contributed by atoms with van der Waals surface area (Å²) in [6, 6.07) is 1.55. The molecule has 0 radical (unpaired) electrons. The van der Waals surface area contributed by atoms with Crippen LogP contribution in [0.25, 0.3) is 0 Å². The zero-order valence-corrected chi connectivity index (χ0v) is 25.2. The Kier molecular flexibility index (Phi) is 10.2. The van der Waals surface area contributed by atoms with E-state index in [0.717, 1.165) is 62.5 Å². The molecule has 2 heterocycles. The lowest BCUT2D eigenvalue weighted by atomic mass is 10.1. The number of unbranched alkanes of at least 4 members (excludes halogenated alkanes) is 2. The summed E-state index contributed by atoms with van der Waals surface area (Å²) in [6.45, 7) is 10.6. The number of nitrogens with zero attached hydrogens (tertiary/aromatic N) is 5. The first-order valence-electron chi connectivity index (χ1n) is 14.7. The summed E-state index contributed by atoms with van der Waals surface area (Å²) in [5, 5.41) is 3.31. The highest BCUT2D eigenvalue weighted by molar-refractivity contribution is 6.06. The van der Waals surface area contributed by atoms with Crippen LogP contribution in [-0.2, 0) is 6.54 Å². The fourth-order valence-electron chi connectivity index (χ4n) is 5.95. The number of nitrogens with one attached hydrogen (secondary N) is 1. The van der Waals surface area contributed by atoms with Crippen molar-refractivity contribution in [3.63, 3.8) is 0 Å². The van der Waals surface area contributed by atoms with Crippen molar-refractivity contribution >= 4 is 23.5 Å². The third-order valence-corrected chi connectivity index (χ3v) is 8.05. The molecule has 1 aliphatic heterocycles. The second-order valence-corrected chi connectivity index (χ2v) is 11.4. The lowest BCUT2D eigenvalue weighted by molar-refractivity contribution is 0.171. The third kappa shape index (κ3) is 6.66. The highest BCUT2D eigenvalue weighted by Crippen LogP contribution is 2.42. The van der Waals surface area contributed by atoms with Gasteiger partial charge in [-0.2, -0.15) is 4.98 Å². The van der Waals surface area contributed by atoms with Crippen LogP contribution >= 0.6 is 0 Å². The molecule has 9 nitrogen and oxygen atoms in total. The average molecular weight is 575 g/mol. The molecular weight excluding hydrogens is 530 g/mol. The number of methoxy groups -OCH3 is 2. The van der Waals surface area contributed by atoms with E-state index in [1.807, 2.05) is 0 Å². The van der Waals surface area contributed by atoms with Gasteiger partial charge >= 0.3 is 6.03 Å². The van der Waals surface area contributed by atoms with Crippen LogP contribution in [0, 0.1) is 11.6 Å². The van der Waals surface area contributed by atoms with E-state index in [1.54, 1.807) is 11.1 Å². The summed E-state index contributed by atoms with van der Waals surface area (Å²) >= 11 is 0. The number of aromatic nitrogens is 2. The lowest BCUT2D eigenvalue weighted by Crippen LogP contribution is -2.52. The van der Waals surface area contributed by atoms with E-state index in [2.05, 4.69) is 42.9 Å². The molecule has 4 rings (SSSR count). The Hall–Kier alpha value is -3.21. The second kappa shape index (κ2) is 13.6. The Morgan fingerprint density at radius 3 is 2.24 bits per heavy atom. The maximum atomic E-state index is 15.4. The van der Waals surface area contributed by atoms with Crippen LogP contribution in [0.5, 0.6) is 11.5 Å². The first kappa shape index (κ1) is 30.7. The van der Waals surface area contributed by atoms with Crippen molar-refractivity contribution in [1.29, 1.82) is 0 Å². The van der Waals surface area contributed by atoms with Crippen LogP contribution in [0.1, 0.15) is 78.2 Å². The van der Waals surface area contributed by atoms with E-state index in [9.17, 15) is 4.79 Å². The molecule has 226 valence electrons. The van der Waals surface area contributed by atoms with Crippen LogP contribution in [0.4, 0.5) is 31.0 Å². The minimum absolute atomic E-state index is 0.0793. The number of amides is 2. The number of anilines is 3.